The molecule has 0 aliphatic carbocycles. The fourth-order valence-electron chi connectivity index (χ4n) is 2.11. The van der Waals surface area contributed by atoms with E-state index in [1.807, 2.05) is 6.92 Å². The number of amides is 1. The number of ether oxygens (including phenoxy) is 1. The van der Waals surface area contributed by atoms with Crippen LogP contribution in [-0.4, -0.2) is 24.7 Å². The summed E-state index contributed by atoms with van der Waals surface area (Å²) < 4.78 is 5.44. The maximum Gasteiger partial charge on any atom is 0.253 e. The molecule has 2 unspecified atom stereocenters. The number of hydrogen-bond acceptors (Lipinski definition) is 3. The smallest absolute Gasteiger partial charge is 0.253 e. The van der Waals surface area contributed by atoms with Crippen LogP contribution in [0.3, 0.4) is 0 Å². The molecule has 0 radical (unpaired) electrons. The SMILES string of the molecule is CC1CC(NC(=O)c2cc(N)ccc2Cl)CCO1. The Balaban J connectivity index is 2.05. The number of hydrogen-bond donors (Lipinski definition) is 2. The standard InChI is InChI=1S/C13H17ClN2O2/c1-8-6-10(4-5-18-8)16-13(17)11-7-9(15)2-3-12(11)14/h2-3,7-8,10H,4-6,15H2,1H3,(H,16,17). The van der Waals surface area contributed by atoms with Crippen LogP contribution >= 0.6 is 11.6 Å². The summed E-state index contributed by atoms with van der Waals surface area (Å²) in [5, 5.41) is 3.39. The van der Waals surface area contributed by atoms with Gasteiger partial charge in [0.1, 0.15) is 0 Å². The Labute approximate surface area is 111 Å². The zero-order valence-electron chi connectivity index (χ0n) is 10.3. The van der Waals surface area contributed by atoms with E-state index in [1.165, 1.54) is 0 Å². The Morgan fingerprint density at radius 1 is 1.56 bits per heavy atom. The summed E-state index contributed by atoms with van der Waals surface area (Å²) in [5.41, 5.74) is 6.62. The predicted octanol–water partition coefficient (Wildman–Crippen LogP) is 2.22. The van der Waals surface area contributed by atoms with Crippen LogP contribution < -0.4 is 11.1 Å². The summed E-state index contributed by atoms with van der Waals surface area (Å²) in [5.74, 6) is -0.175. The van der Waals surface area contributed by atoms with Crippen molar-refractivity contribution < 1.29 is 9.53 Å². The largest absolute Gasteiger partial charge is 0.399 e. The molecular weight excluding hydrogens is 252 g/mol. The molecule has 2 atom stereocenters. The van der Waals surface area contributed by atoms with Crippen LogP contribution in [0.5, 0.6) is 0 Å². The van der Waals surface area contributed by atoms with Gasteiger partial charge in [-0.3, -0.25) is 4.79 Å². The Morgan fingerprint density at radius 3 is 3.06 bits per heavy atom. The van der Waals surface area contributed by atoms with Crippen molar-refractivity contribution >= 4 is 23.2 Å². The molecule has 4 nitrogen and oxygen atoms in total. The molecule has 1 aliphatic heterocycles. The van der Waals surface area contributed by atoms with Gasteiger partial charge in [0.25, 0.3) is 5.91 Å². The van der Waals surface area contributed by atoms with E-state index in [9.17, 15) is 4.79 Å². The van der Waals surface area contributed by atoms with Crippen molar-refractivity contribution in [1.82, 2.24) is 5.32 Å². The zero-order chi connectivity index (χ0) is 13.1. The van der Waals surface area contributed by atoms with Gasteiger partial charge in [0.15, 0.2) is 0 Å². The van der Waals surface area contributed by atoms with E-state index in [1.54, 1.807) is 18.2 Å². The number of nitrogens with one attached hydrogen (secondary N) is 1. The maximum atomic E-state index is 12.1. The molecule has 98 valence electrons. The van der Waals surface area contributed by atoms with E-state index in [0.717, 1.165) is 12.8 Å². The first-order valence-electron chi connectivity index (χ1n) is 6.03. The normalized spacial score (nSPS) is 23.7. The number of benzene rings is 1. The number of carbonyl (C=O) groups is 1. The Morgan fingerprint density at radius 2 is 2.33 bits per heavy atom. The molecular formula is C13H17ClN2O2. The van der Waals surface area contributed by atoms with E-state index in [0.29, 0.717) is 22.9 Å². The monoisotopic (exact) mass is 268 g/mol. The van der Waals surface area contributed by atoms with Gasteiger partial charge in [-0.05, 0) is 38.0 Å². The summed E-state index contributed by atoms with van der Waals surface area (Å²) in [6.45, 7) is 2.68. The van der Waals surface area contributed by atoms with Crippen LogP contribution in [0.1, 0.15) is 30.1 Å². The average molecular weight is 269 g/mol. The van der Waals surface area contributed by atoms with E-state index < -0.39 is 0 Å². The first-order chi connectivity index (χ1) is 8.56. The zero-order valence-corrected chi connectivity index (χ0v) is 11.0. The second-order valence-corrected chi connectivity index (χ2v) is 5.02. The Hall–Kier alpha value is -1.26. The molecule has 2 rings (SSSR count). The van der Waals surface area contributed by atoms with E-state index in [-0.39, 0.29) is 18.1 Å². The molecule has 5 heteroatoms. The second-order valence-electron chi connectivity index (χ2n) is 4.62. The van der Waals surface area contributed by atoms with E-state index in [2.05, 4.69) is 5.32 Å². The van der Waals surface area contributed by atoms with Gasteiger partial charge >= 0.3 is 0 Å². The molecule has 1 saturated heterocycles. The quantitative estimate of drug-likeness (QED) is 0.809. The highest BCUT2D eigenvalue weighted by Gasteiger charge is 2.22. The van der Waals surface area contributed by atoms with Gasteiger partial charge < -0.3 is 15.8 Å². The van der Waals surface area contributed by atoms with Gasteiger partial charge in [-0.2, -0.15) is 0 Å². The number of carbonyl (C=O) groups excluding carboxylic acids is 1. The van der Waals surface area contributed by atoms with Crippen LogP contribution in [0.15, 0.2) is 18.2 Å². The molecule has 0 saturated carbocycles. The first-order valence-corrected chi connectivity index (χ1v) is 6.41. The number of halogens is 1. The van der Waals surface area contributed by atoms with Gasteiger partial charge in [0.2, 0.25) is 0 Å². The van der Waals surface area contributed by atoms with Crippen LogP contribution in [-0.2, 0) is 4.74 Å². The van der Waals surface area contributed by atoms with Crippen molar-refractivity contribution in [3.8, 4) is 0 Å². The molecule has 1 aliphatic rings. The highest BCUT2D eigenvalue weighted by molar-refractivity contribution is 6.34. The third kappa shape index (κ3) is 3.15. The van der Waals surface area contributed by atoms with Crippen molar-refractivity contribution in [2.24, 2.45) is 0 Å². The predicted molar refractivity (Wildman–Crippen MR) is 71.8 cm³/mol. The summed E-state index contributed by atoms with van der Waals surface area (Å²) in [6, 6.07) is 5.05. The van der Waals surface area contributed by atoms with Crippen molar-refractivity contribution in [3.63, 3.8) is 0 Å². The van der Waals surface area contributed by atoms with Crippen LogP contribution in [0.25, 0.3) is 0 Å². The van der Waals surface area contributed by atoms with Crippen LogP contribution in [0.2, 0.25) is 5.02 Å². The van der Waals surface area contributed by atoms with E-state index >= 15 is 0 Å². The molecule has 1 aromatic carbocycles. The summed E-state index contributed by atoms with van der Waals surface area (Å²) in [4.78, 5) is 12.1. The minimum Gasteiger partial charge on any atom is -0.399 e. The molecule has 1 fully saturated rings. The van der Waals surface area contributed by atoms with Crippen molar-refractivity contribution in [2.45, 2.75) is 31.9 Å². The molecule has 3 N–H and O–H groups in total. The lowest BCUT2D eigenvalue weighted by molar-refractivity contribution is 0.0136. The van der Waals surface area contributed by atoms with Crippen molar-refractivity contribution in [2.75, 3.05) is 12.3 Å². The average Bonchev–Trinajstić information content (AvgIpc) is 2.32. The first kappa shape index (κ1) is 13.2. The van der Waals surface area contributed by atoms with E-state index in [4.69, 9.17) is 22.1 Å². The molecule has 1 amide bonds. The number of anilines is 1. The minimum absolute atomic E-state index is 0.138. The second kappa shape index (κ2) is 5.59. The number of rotatable bonds is 2. The molecule has 0 aromatic heterocycles. The lowest BCUT2D eigenvalue weighted by atomic mass is 10.0. The third-order valence-electron chi connectivity index (χ3n) is 3.06. The minimum atomic E-state index is -0.175. The molecule has 18 heavy (non-hydrogen) atoms. The summed E-state index contributed by atoms with van der Waals surface area (Å²) in [7, 11) is 0. The Bertz CT molecular complexity index is 451. The van der Waals surface area contributed by atoms with Crippen molar-refractivity contribution in [1.29, 1.82) is 0 Å². The molecule has 1 aromatic rings. The fraction of sp³-hybridized carbons (Fsp3) is 0.462. The topological polar surface area (TPSA) is 64.4 Å². The summed E-state index contributed by atoms with van der Waals surface area (Å²) in [6.07, 6.45) is 1.84. The van der Waals surface area contributed by atoms with Gasteiger partial charge in [-0.15, -0.1) is 0 Å². The van der Waals surface area contributed by atoms with Crippen LogP contribution in [0.4, 0.5) is 5.69 Å². The van der Waals surface area contributed by atoms with Gasteiger partial charge in [0, 0.05) is 18.3 Å². The number of nitrogens with two attached hydrogens (primary N) is 1. The molecule has 0 bridgehead atoms. The highest BCUT2D eigenvalue weighted by Crippen LogP contribution is 2.20. The molecule has 0 spiro atoms. The van der Waals surface area contributed by atoms with Gasteiger partial charge in [-0.1, -0.05) is 11.6 Å². The highest BCUT2D eigenvalue weighted by atomic mass is 35.5. The summed E-state index contributed by atoms with van der Waals surface area (Å²) >= 11 is 6.00. The lowest BCUT2D eigenvalue weighted by Gasteiger charge is -2.28. The number of nitrogen functional groups attached to an aromatic ring is 1. The van der Waals surface area contributed by atoms with Crippen LogP contribution in [0, 0.1) is 0 Å². The molecule has 1 heterocycles. The van der Waals surface area contributed by atoms with Gasteiger partial charge in [0.05, 0.1) is 16.7 Å². The third-order valence-corrected chi connectivity index (χ3v) is 3.38. The Kier molecular flexibility index (Phi) is 4.09. The van der Waals surface area contributed by atoms with Gasteiger partial charge in [-0.25, -0.2) is 0 Å². The lowest BCUT2D eigenvalue weighted by Crippen LogP contribution is -2.41. The fourth-order valence-corrected chi connectivity index (χ4v) is 2.31. The maximum absolute atomic E-state index is 12.1. The van der Waals surface area contributed by atoms with Crippen molar-refractivity contribution in [3.05, 3.63) is 28.8 Å².